The average molecular weight is 369 g/mol. The lowest BCUT2D eigenvalue weighted by molar-refractivity contribution is -0.115. The van der Waals surface area contributed by atoms with E-state index in [0.717, 1.165) is 26.9 Å². The van der Waals surface area contributed by atoms with Crippen molar-refractivity contribution in [3.05, 3.63) is 51.7 Å². The molecule has 1 fully saturated rings. The zero-order valence-corrected chi connectivity index (χ0v) is 14.7. The van der Waals surface area contributed by atoms with Crippen LogP contribution in [0.2, 0.25) is 0 Å². The maximum atomic E-state index is 11.8. The molecule has 1 aliphatic heterocycles. The largest absolute Gasteiger partial charge is 0.397 e. The number of nitrogen functional groups attached to an aromatic ring is 1. The van der Waals surface area contributed by atoms with Crippen molar-refractivity contribution in [2.24, 2.45) is 0 Å². The Morgan fingerprint density at radius 3 is 2.92 bits per heavy atom. The Balaban J connectivity index is 1.72. The van der Waals surface area contributed by atoms with Crippen molar-refractivity contribution in [2.75, 3.05) is 5.73 Å². The second-order valence-corrected chi connectivity index (χ2v) is 7.89. The number of pyridine rings is 1. The normalized spacial score (nSPS) is 16.1. The Kier molecular flexibility index (Phi) is 3.84. The summed E-state index contributed by atoms with van der Waals surface area (Å²) in [6, 6.07) is 9.94. The number of anilines is 1. The van der Waals surface area contributed by atoms with Crippen LogP contribution in [0.3, 0.4) is 0 Å². The highest BCUT2D eigenvalue weighted by molar-refractivity contribution is 8.26. The van der Waals surface area contributed by atoms with Gasteiger partial charge in [-0.3, -0.25) is 9.78 Å². The third kappa shape index (κ3) is 2.82. The number of hydrogen-bond acceptors (Lipinski definition) is 6. The summed E-state index contributed by atoms with van der Waals surface area (Å²) >= 11 is 7.87. The molecule has 4 nitrogen and oxygen atoms in total. The van der Waals surface area contributed by atoms with E-state index in [0.29, 0.717) is 14.9 Å². The molecule has 0 atom stereocenters. The smallest absolute Gasteiger partial charge is 0.263 e. The molecule has 0 saturated carbocycles. The van der Waals surface area contributed by atoms with Gasteiger partial charge in [-0.15, -0.1) is 11.3 Å². The van der Waals surface area contributed by atoms with Crippen LogP contribution in [0.5, 0.6) is 0 Å². The third-order valence-electron chi connectivity index (χ3n) is 3.60. The Morgan fingerprint density at radius 2 is 2.12 bits per heavy atom. The molecule has 1 aliphatic rings. The van der Waals surface area contributed by atoms with Crippen molar-refractivity contribution >= 4 is 68.2 Å². The van der Waals surface area contributed by atoms with Crippen molar-refractivity contribution in [1.29, 1.82) is 0 Å². The van der Waals surface area contributed by atoms with Gasteiger partial charge in [0.25, 0.3) is 5.91 Å². The number of rotatable bonds is 2. The molecule has 0 aliphatic carbocycles. The van der Waals surface area contributed by atoms with Crippen LogP contribution in [-0.4, -0.2) is 15.2 Å². The van der Waals surface area contributed by atoms with E-state index in [1.54, 1.807) is 17.5 Å². The first-order valence-corrected chi connectivity index (χ1v) is 9.18. The van der Waals surface area contributed by atoms with Gasteiger partial charge in [0.2, 0.25) is 0 Å². The predicted molar refractivity (Wildman–Crippen MR) is 106 cm³/mol. The number of carbonyl (C=O) groups is 1. The zero-order valence-electron chi connectivity index (χ0n) is 12.3. The van der Waals surface area contributed by atoms with Crippen LogP contribution < -0.4 is 11.1 Å². The number of thioether (sulfide) groups is 1. The minimum absolute atomic E-state index is 0.138. The molecule has 2 aromatic heterocycles. The van der Waals surface area contributed by atoms with Gasteiger partial charge in [0.05, 0.1) is 16.1 Å². The van der Waals surface area contributed by atoms with E-state index in [-0.39, 0.29) is 5.91 Å². The fourth-order valence-electron chi connectivity index (χ4n) is 2.52. The highest BCUT2D eigenvalue weighted by atomic mass is 32.2. The molecule has 0 unspecified atom stereocenters. The van der Waals surface area contributed by atoms with Gasteiger partial charge in [0.1, 0.15) is 4.32 Å². The number of carbonyl (C=O) groups excluding carboxylic acids is 1. The minimum atomic E-state index is -0.138. The lowest BCUT2D eigenvalue weighted by atomic mass is 10.0. The second kappa shape index (κ2) is 6.01. The molecule has 3 aromatic rings. The van der Waals surface area contributed by atoms with Gasteiger partial charge in [-0.1, -0.05) is 30.0 Å². The van der Waals surface area contributed by atoms with E-state index in [1.807, 2.05) is 30.3 Å². The Labute approximate surface area is 151 Å². The summed E-state index contributed by atoms with van der Waals surface area (Å²) in [4.78, 5) is 17.7. The molecule has 0 spiro atoms. The highest BCUT2D eigenvalue weighted by Crippen LogP contribution is 2.33. The molecule has 7 heteroatoms. The lowest BCUT2D eigenvalue weighted by Gasteiger charge is -2.04. The van der Waals surface area contributed by atoms with Crippen molar-refractivity contribution in [1.82, 2.24) is 10.3 Å². The standard InChI is InChI=1S/C17H11N3OS3/c18-13-6-10(4-9-2-1-3-19-15(9)13)11-5-12(23-8-11)7-14-16(21)20-17(22)24-14/h1-8H,18H2,(H,20,21,22). The first-order valence-electron chi connectivity index (χ1n) is 7.08. The van der Waals surface area contributed by atoms with Gasteiger partial charge in [-0.05, 0) is 46.8 Å². The molecule has 0 bridgehead atoms. The van der Waals surface area contributed by atoms with E-state index >= 15 is 0 Å². The van der Waals surface area contributed by atoms with E-state index in [4.69, 9.17) is 18.0 Å². The highest BCUT2D eigenvalue weighted by Gasteiger charge is 2.22. The number of nitrogens with one attached hydrogen (secondary N) is 1. The summed E-state index contributed by atoms with van der Waals surface area (Å²) in [6.07, 6.45) is 3.60. The van der Waals surface area contributed by atoms with Crippen LogP contribution in [0, 0.1) is 0 Å². The molecule has 118 valence electrons. The van der Waals surface area contributed by atoms with Crippen molar-refractivity contribution in [2.45, 2.75) is 0 Å². The lowest BCUT2D eigenvalue weighted by Crippen LogP contribution is -2.17. The predicted octanol–water partition coefficient (Wildman–Crippen LogP) is 4.03. The van der Waals surface area contributed by atoms with Gasteiger partial charge in [0.15, 0.2) is 0 Å². The fraction of sp³-hybridized carbons (Fsp3) is 0. The van der Waals surface area contributed by atoms with E-state index < -0.39 is 0 Å². The van der Waals surface area contributed by atoms with Crippen LogP contribution in [-0.2, 0) is 4.79 Å². The quantitative estimate of drug-likeness (QED) is 0.405. The molecular weight excluding hydrogens is 358 g/mol. The third-order valence-corrected chi connectivity index (χ3v) is 5.65. The molecule has 3 N–H and O–H groups in total. The average Bonchev–Trinajstić information content (AvgIpc) is 3.14. The number of nitrogens with zero attached hydrogens (tertiary/aromatic N) is 1. The number of nitrogens with two attached hydrogens (primary N) is 1. The summed E-state index contributed by atoms with van der Waals surface area (Å²) in [5, 5.41) is 5.69. The number of thiocarbonyl (C=S) groups is 1. The Bertz CT molecular complexity index is 1020. The van der Waals surface area contributed by atoms with Crippen molar-refractivity contribution in [3.8, 4) is 11.1 Å². The molecular formula is C17H11N3OS3. The Hall–Kier alpha value is -2.22. The summed E-state index contributed by atoms with van der Waals surface area (Å²) in [6.45, 7) is 0. The second-order valence-electron chi connectivity index (χ2n) is 5.23. The van der Waals surface area contributed by atoms with E-state index in [9.17, 15) is 4.79 Å². The van der Waals surface area contributed by atoms with Gasteiger partial charge < -0.3 is 11.1 Å². The van der Waals surface area contributed by atoms with Crippen molar-refractivity contribution < 1.29 is 4.79 Å². The van der Waals surface area contributed by atoms with Crippen LogP contribution in [0.25, 0.3) is 28.1 Å². The maximum Gasteiger partial charge on any atom is 0.263 e. The number of fused-ring (bicyclic) bond motifs is 1. The molecule has 24 heavy (non-hydrogen) atoms. The first-order chi connectivity index (χ1) is 11.6. The van der Waals surface area contributed by atoms with Crippen LogP contribution in [0.15, 0.2) is 46.8 Å². The molecule has 3 heterocycles. The molecule has 0 radical (unpaired) electrons. The van der Waals surface area contributed by atoms with Crippen molar-refractivity contribution in [3.63, 3.8) is 0 Å². The number of thiophene rings is 1. The maximum absolute atomic E-state index is 11.8. The minimum Gasteiger partial charge on any atom is -0.397 e. The summed E-state index contributed by atoms with van der Waals surface area (Å²) < 4.78 is 0.498. The van der Waals surface area contributed by atoms with E-state index in [1.165, 1.54) is 11.8 Å². The van der Waals surface area contributed by atoms with Crippen LogP contribution in [0.4, 0.5) is 5.69 Å². The molecule has 1 amide bonds. The van der Waals surface area contributed by atoms with Gasteiger partial charge in [-0.25, -0.2) is 0 Å². The van der Waals surface area contributed by atoms with Crippen LogP contribution in [0.1, 0.15) is 4.88 Å². The molecule has 1 saturated heterocycles. The molecule has 4 rings (SSSR count). The molecule has 1 aromatic carbocycles. The number of benzene rings is 1. The van der Waals surface area contributed by atoms with Gasteiger partial charge >= 0.3 is 0 Å². The Morgan fingerprint density at radius 1 is 1.25 bits per heavy atom. The topological polar surface area (TPSA) is 68.0 Å². The monoisotopic (exact) mass is 369 g/mol. The zero-order chi connectivity index (χ0) is 16.7. The van der Waals surface area contributed by atoms with E-state index in [2.05, 4.69) is 21.7 Å². The summed E-state index contributed by atoms with van der Waals surface area (Å²) in [5.74, 6) is -0.138. The number of amides is 1. The van der Waals surface area contributed by atoms with Gasteiger partial charge in [0, 0.05) is 16.5 Å². The number of hydrogen-bond donors (Lipinski definition) is 2. The van der Waals surface area contributed by atoms with Gasteiger partial charge in [-0.2, -0.15) is 0 Å². The summed E-state index contributed by atoms with van der Waals surface area (Å²) in [7, 11) is 0. The first kappa shape index (κ1) is 15.3. The van der Waals surface area contributed by atoms with Crippen LogP contribution >= 0.6 is 35.3 Å². The SMILES string of the molecule is Nc1cc(-c2csc(C=C3SC(=S)NC3=O)c2)cc2cccnc12. The number of aromatic nitrogens is 1. The fourth-order valence-corrected chi connectivity index (χ4v) is 4.48. The summed E-state index contributed by atoms with van der Waals surface area (Å²) in [5.41, 5.74) is 9.69.